The quantitative estimate of drug-likeness (QED) is 0.680. The van der Waals surface area contributed by atoms with Crippen molar-refractivity contribution in [3.8, 4) is 0 Å². The van der Waals surface area contributed by atoms with Gasteiger partial charge in [-0.3, -0.25) is 10.1 Å². The van der Waals surface area contributed by atoms with Gasteiger partial charge < -0.3 is 0 Å². The summed E-state index contributed by atoms with van der Waals surface area (Å²) in [6.45, 7) is 0. The Morgan fingerprint density at radius 3 is 2.55 bits per heavy atom. The van der Waals surface area contributed by atoms with Crippen molar-refractivity contribution >= 4 is 15.7 Å². The molecule has 2 bridgehead atoms. The van der Waals surface area contributed by atoms with Crippen molar-refractivity contribution in [2.45, 2.75) is 36.6 Å². The molecule has 0 aliphatic heterocycles. The number of benzene rings is 1. The highest BCUT2D eigenvalue weighted by molar-refractivity contribution is 7.89. The first-order valence-electron chi connectivity index (χ1n) is 6.73. The van der Waals surface area contributed by atoms with Crippen molar-refractivity contribution in [1.29, 1.82) is 0 Å². The summed E-state index contributed by atoms with van der Waals surface area (Å²) in [6, 6.07) is 5.40. The number of nitrogens with zero attached hydrogens (tertiary/aromatic N) is 1. The molecule has 0 heterocycles. The van der Waals surface area contributed by atoms with E-state index in [1.165, 1.54) is 30.7 Å². The molecule has 20 heavy (non-hydrogen) atoms. The molecule has 0 spiro atoms. The number of fused-ring (bicyclic) bond motifs is 2. The molecule has 2 saturated carbocycles. The third-order valence-electron chi connectivity index (χ3n) is 4.40. The molecule has 3 rings (SSSR count). The van der Waals surface area contributed by atoms with E-state index in [1.54, 1.807) is 0 Å². The number of nitro benzene ring substituents is 1. The largest absolute Gasteiger partial charge is 0.289 e. The van der Waals surface area contributed by atoms with Gasteiger partial charge in [0.2, 0.25) is 10.0 Å². The summed E-state index contributed by atoms with van der Waals surface area (Å²) in [5.41, 5.74) is -0.372. The Morgan fingerprint density at radius 1 is 1.20 bits per heavy atom. The van der Waals surface area contributed by atoms with Gasteiger partial charge in [-0.1, -0.05) is 18.6 Å². The van der Waals surface area contributed by atoms with Crippen molar-refractivity contribution in [3.05, 3.63) is 34.4 Å². The second-order valence-corrected chi connectivity index (χ2v) is 7.31. The first-order valence-corrected chi connectivity index (χ1v) is 8.21. The highest BCUT2D eigenvalue weighted by Gasteiger charge is 2.42. The maximum Gasteiger partial charge on any atom is 0.289 e. The number of hydrogen-bond donors (Lipinski definition) is 1. The lowest BCUT2D eigenvalue weighted by Gasteiger charge is -2.22. The maximum atomic E-state index is 12.4. The topological polar surface area (TPSA) is 89.3 Å². The van der Waals surface area contributed by atoms with Gasteiger partial charge in [0.05, 0.1) is 4.92 Å². The lowest BCUT2D eigenvalue weighted by atomic mass is 9.96. The molecule has 0 unspecified atom stereocenters. The Balaban J connectivity index is 1.87. The number of nitro groups is 1. The van der Waals surface area contributed by atoms with Crippen LogP contribution in [0.4, 0.5) is 5.69 Å². The molecule has 7 heteroatoms. The SMILES string of the molecule is O=[N+]([O-])c1ccccc1S(=O)(=O)N[C@@H]1C[C@H]2CC[C@@H]1C2. The number of hydrogen-bond acceptors (Lipinski definition) is 4. The summed E-state index contributed by atoms with van der Waals surface area (Å²) in [7, 11) is -3.83. The molecule has 108 valence electrons. The summed E-state index contributed by atoms with van der Waals surface area (Å²) >= 11 is 0. The first kappa shape index (κ1) is 13.5. The van der Waals surface area contributed by atoms with Crippen molar-refractivity contribution < 1.29 is 13.3 Å². The molecule has 2 aliphatic carbocycles. The number of para-hydroxylation sites is 1. The van der Waals surface area contributed by atoms with Gasteiger partial charge in [-0.05, 0) is 37.2 Å². The Bertz CT molecular complexity index is 644. The van der Waals surface area contributed by atoms with Crippen LogP contribution in [0.1, 0.15) is 25.7 Å². The van der Waals surface area contributed by atoms with E-state index < -0.39 is 14.9 Å². The summed E-state index contributed by atoms with van der Waals surface area (Å²) in [4.78, 5) is 10.0. The van der Waals surface area contributed by atoms with Crippen LogP contribution in [0.15, 0.2) is 29.2 Å². The van der Waals surface area contributed by atoms with Crippen LogP contribution >= 0.6 is 0 Å². The third-order valence-corrected chi connectivity index (χ3v) is 5.93. The molecule has 0 aromatic heterocycles. The molecule has 2 fully saturated rings. The van der Waals surface area contributed by atoms with Gasteiger partial charge in [-0.2, -0.15) is 0 Å². The Hall–Kier alpha value is -1.47. The second-order valence-electron chi connectivity index (χ2n) is 5.63. The van der Waals surface area contributed by atoms with Crippen LogP contribution in [-0.2, 0) is 10.0 Å². The van der Waals surface area contributed by atoms with E-state index in [-0.39, 0.29) is 16.6 Å². The van der Waals surface area contributed by atoms with E-state index in [0.29, 0.717) is 11.8 Å². The van der Waals surface area contributed by atoms with Crippen molar-refractivity contribution in [3.63, 3.8) is 0 Å². The van der Waals surface area contributed by atoms with E-state index in [9.17, 15) is 18.5 Å². The van der Waals surface area contributed by atoms with Crippen LogP contribution in [0.5, 0.6) is 0 Å². The van der Waals surface area contributed by atoms with E-state index in [1.807, 2.05) is 0 Å². The molecule has 1 N–H and O–H groups in total. The number of rotatable bonds is 4. The van der Waals surface area contributed by atoms with Crippen molar-refractivity contribution in [2.75, 3.05) is 0 Å². The lowest BCUT2D eigenvalue weighted by Crippen LogP contribution is -2.38. The van der Waals surface area contributed by atoms with Crippen LogP contribution < -0.4 is 4.72 Å². The molecular weight excluding hydrogens is 280 g/mol. The average molecular weight is 296 g/mol. The summed E-state index contributed by atoms with van der Waals surface area (Å²) < 4.78 is 27.4. The second kappa shape index (κ2) is 4.82. The highest BCUT2D eigenvalue weighted by atomic mass is 32.2. The Kier molecular flexibility index (Phi) is 3.25. The highest BCUT2D eigenvalue weighted by Crippen LogP contribution is 2.45. The fraction of sp³-hybridized carbons (Fsp3) is 0.538. The minimum absolute atomic E-state index is 0.0708. The van der Waals surface area contributed by atoms with Gasteiger partial charge in [-0.15, -0.1) is 0 Å². The molecule has 1 aromatic carbocycles. The van der Waals surface area contributed by atoms with Gasteiger partial charge in [0.1, 0.15) is 0 Å². The molecule has 2 aliphatic rings. The Labute approximate surface area is 117 Å². The van der Waals surface area contributed by atoms with E-state index in [0.717, 1.165) is 19.3 Å². The van der Waals surface area contributed by atoms with Crippen LogP contribution in [0.2, 0.25) is 0 Å². The van der Waals surface area contributed by atoms with Crippen molar-refractivity contribution in [1.82, 2.24) is 4.72 Å². The fourth-order valence-electron chi connectivity index (χ4n) is 3.49. The number of sulfonamides is 1. The van der Waals surface area contributed by atoms with Gasteiger partial charge in [0.15, 0.2) is 4.90 Å². The minimum Gasteiger partial charge on any atom is -0.258 e. The monoisotopic (exact) mass is 296 g/mol. The fourth-order valence-corrected chi connectivity index (χ4v) is 4.98. The molecule has 0 saturated heterocycles. The van der Waals surface area contributed by atoms with Gasteiger partial charge in [-0.25, -0.2) is 13.1 Å². The predicted octanol–water partition coefficient (Wildman–Crippen LogP) is 2.06. The molecule has 3 atom stereocenters. The van der Waals surface area contributed by atoms with Gasteiger partial charge in [0, 0.05) is 12.1 Å². The van der Waals surface area contributed by atoms with Crippen molar-refractivity contribution in [2.24, 2.45) is 11.8 Å². The first-order chi connectivity index (χ1) is 9.47. The molecule has 6 nitrogen and oxygen atoms in total. The predicted molar refractivity (Wildman–Crippen MR) is 72.7 cm³/mol. The average Bonchev–Trinajstić information content (AvgIpc) is 3.00. The summed E-state index contributed by atoms with van der Waals surface area (Å²) in [6.07, 6.45) is 4.15. The van der Waals surface area contributed by atoms with E-state index in [4.69, 9.17) is 0 Å². The molecule has 0 amide bonds. The minimum atomic E-state index is -3.83. The van der Waals surface area contributed by atoms with Crippen LogP contribution in [0.25, 0.3) is 0 Å². The zero-order valence-corrected chi connectivity index (χ0v) is 11.7. The lowest BCUT2D eigenvalue weighted by molar-refractivity contribution is -0.387. The molecule has 1 aromatic rings. The molecule has 0 radical (unpaired) electrons. The normalized spacial score (nSPS) is 28.7. The summed E-state index contributed by atoms with van der Waals surface area (Å²) in [5, 5.41) is 10.9. The molecular formula is C13H16N2O4S. The van der Waals surface area contributed by atoms with Gasteiger partial charge >= 0.3 is 0 Å². The van der Waals surface area contributed by atoms with E-state index in [2.05, 4.69) is 4.72 Å². The third kappa shape index (κ3) is 2.31. The van der Waals surface area contributed by atoms with Crippen LogP contribution in [0, 0.1) is 22.0 Å². The van der Waals surface area contributed by atoms with Crippen LogP contribution in [0.3, 0.4) is 0 Å². The number of nitrogens with one attached hydrogen (secondary N) is 1. The zero-order valence-electron chi connectivity index (χ0n) is 10.9. The van der Waals surface area contributed by atoms with E-state index >= 15 is 0 Å². The smallest absolute Gasteiger partial charge is 0.258 e. The maximum absolute atomic E-state index is 12.4. The Morgan fingerprint density at radius 2 is 1.95 bits per heavy atom. The van der Waals surface area contributed by atoms with Gasteiger partial charge in [0.25, 0.3) is 5.69 Å². The zero-order chi connectivity index (χ0) is 14.3. The standard InChI is InChI=1S/C13H16N2O4S/c16-15(17)12-3-1-2-4-13(12)20(18,19)14-11-8-9-5-6-10(11)7-9/h1-4,9-11,14H,5-8H2/t9-,10+,11+/m0/s1. The van der Waals surface area contributed by atoms with Crippen LogP contribution in [-0.4, -0.2) is 19.4 Å². The summed E-state index contributed by atoms with van der Waals surface area (Å²) in [5.74, 6) is 0.996.